The molecule has 1 aliphatic rings. The number of fused-ring (bicyclic) bond motifs is 3. The van der Waals surface area contributed by atoms with E-state index in [1.807, 2.05) is 19.2 Å². The van der Waals surface area contributed by atoms with Crippen molar-refractivity contribution in [1.82, 2.24) is 0 Å². The number of halogens is 1. The lowest BCUT2D eigenvalue weighted by atomic mass is 10.0. The molecule has 3 aromatic carbocycles. The Labute approximate surface area is 152 Å². The zero-order valence-electron chi connectivity index (χ0n) is 14.5. The molecule has 26 heavy (non-hydrogen) atoms. The van der Waals surface area contributed by atoms with Gasteiger partial charge in [0.2, 0.25) is 0 Å². The molecule has 0 heterocycles. The number of benzene rings is 3. The second-order valence-electron chi connectivity index (χ2n) is 6.69. The predicted octanol–water partition coefficient (Wildman–Crippen LogP) is 3.05. The Kier molecular flexibility index (Phi) is 4.27. The molecule has 3 nitrogen and oxygen atoms in total. The number of anilines is 1. The number of nitrogens with one attached hydrogen (secondary N) is 2. The van der Waals surface area contributed by atoms with Gasteiger partial charge in [-0.3, -0.25) is 4.79 Å². The maximum absolute atomic E-state index is 13.0. The van der Waals surface area contributed by atoms with Gasteiger partial charge in [0.05, 0.1) is 7.05 Å². The monoisotopic (exact) mass is 347 g/mol. The lowest BCUT2D eigenvalue weighted by Gasteiger charge is -2.22. The molecule has 0 aromatic heterocycles. The zero-order valence-corrected chi connectivity index (χ0v) is 14.5. The number of carbonyl (C=O) groups is 1. The molecule has 1 atom stereocenters. The number of quaternary nitrogens is 1. The number of amides is 1. The highest BCUT2D eigenvalue weighted by molar-refractivity contribution is 5.91. The summed E-state index contributed by atoms with van der Waals surface area (Å²) >= 11 is 0. The summed E-state index contributed by atoms with van der Waals surface area (Å²) in [6, 6.07) is 22.7. The molecule has 1 unspecified atom stereocenters. The lowest BCUT2D eigenvalue weighted by molar-refractivity contribution is -0.897. The van der Waals surface area contributed by atoms with Crippen LogP contribution in [0.1, 0.15) is 17.2 Å². The fourth-order valence-electron chi connectivity index (χ4n) is 3.78. The summed E-state index contributed by atoms with van der Waals surface area (Å²) in [6.45, 7) is 0.324. The molecule has 130 valence electrons. The average Bonchev–Trinajstić information content (AvgIpc) is 2.98. The fraction of sp³-hybridized carbons (Fsp3) is 0.136. The second-order valence-corrected chi connectivity index (χ2v) is 6.69. The molecule has 0 saturated carbocycles. The molecule has 1 aliphatic carbocycles. The largest absolute Gasteiger partial charge is 0.321 e. The summed E-state index contributed by atoms with van der Waals surface area (Å²) < 4.78 is 13.0. The van der Waals surface area contributed by atoms with E-state index in [4.69, 9.17) is 0 Å². The van der Waals surface area contributed by atoms with E-state index in [0.29, 0.717) is 12.2 Å². The number of hydrogen-bond acceptors (Lipinski definition) is 1. The molecule has 0 saturated heterocycles. The zero-order chi connectivity index (χ0) is 18.1. The van der Waals surface area contributed by atoms with Crippen LogP contribution in [0.2, 0.25) is 0 Å². The Bertz CT molecular complexity index is 907. The Balaban J connectivity index is 1.55. The lowest BCUT2D eigenvalue weighted by Crippen LogP contribution is -3.10. The first-order chi connectivity index (χ1) is 12.6. The van der Waals surface area contributed by atoms with Gasteiger partial charge in [0, 0.05) is 16.8 Å². The van der Waals surface area contributed by atoms with Gasteiger partial charge in [0.25, 0.3) is 5.91 Å². The molecular weight excluding hydrogens is 327 g/mol. The summed E-state index contributed by atoms with van der Waals surface area (Å²) in [5, 5.41) is 2.85. The van der Waals surface area contributed by atoms with Crippen molar-refractivity contribution >= 4 is 11.6 Å². The van der Waals surface area contributed by atoms with Crippen LogP contribution in [0.4, 0.5) is 10.1 Å². The van der Waals surface area contributed by atoms with Crippen molar-refractivity contribution in [2.75, 3.05) is 18.9 Å². The quantitative estimate of drug-likeness (QED) is 0.747. The molecule has 0 radical (unpaired) electrons. The van der Waals surface area contributed by atoms with Crippen molar-refractivity contribution in [2.24, 2.45) is 0 Å². The number of carbonyl (C=O) groups excluding carboxylic acids is 1. The van der Waals surface area contributed by atoms with E-state index in [-0.39, 0.29) is 17.8 Å². The van der Waals surface area contributed by atoms with Crippen molar-refractivity contribution in [1.29, 1.82) is 0 Å². The molecule has 0 bridgehead atoms. The van der Waals surface area contributed by atoms with Crippen molar-refractivity contribution < 1.29 is 14.1 Å². The second kappa shape index (κ2) is 6.73. The van der Waals surface area contributed by atoms with Crippen LogP contribution in [0.3, 0.4) is 0 Å². The van der Waals surface area contributed by atoms with Gasteiger partial charge in [0.1, 0.15) is 11.9 Å². The third kappa shape index (κ3) is 3.00. The van der Waals surface area contributed by atoms with E-state index >= 15 is 0 Å². The summed E-state index contributed by atoms with van der Waals surface area (Å²) in [5.41, 5.74) is 5.59. The first kappa shape index (κ1) is 16.5. The van der Waals surface area contributed by atoms with Crippen molar-refractivity contribution in [3.63, 3.8) is 0 Å². The maximum Gasteiger partial charge on any atom is 0.279 e. The summed E-state index contributed by atoms with van der Waals surface area (Å²) in [7, 11) is 2.04. The van der Waals surface area contributed by atoms with Crippen molar-refractivity contribution in [2.45, 2.75) is 6.04 Å². The van der Waals surface area contributed by atoms with Crippen LogP contribution in [0.25, 0.3) is 11.1 Å². The SMILES string of the molecule is C[NH+](CC(=O)Nc1ccc(F)cc1)C1c2ccccc2-c2ccccc21. The van der Waals surface area contributed by atoms with E-state index in [2.05, 4.69) is 41.7 Å². The first-order valence-electron chi connectivity index (χ1n) is 8.69. The normalized spacial score (nSPS) is 13.8. The minimum Gasteiger partial charge on any atom is -0.321 e. The van der Waals surface area contributed by atoms with Crippen LogP contribution >= 0.6 is 0 Å². The molecule has 2 N–H and O–H groups in total. The minimum absolute atomic E-state index is 0.0871. The third-order valence-corrected chi connectivity index (χ3v) is 4.89. The summed E-state index contributed by atoms with van der Waals surface area (Å²) in [6.07, 6.45) is 0. The Morgan fingerprint density at radius 3 is 2.04 bits per heavy atom. The van der Waals surface area contributed by atoms with E-state index in [9.17, 15) is 9.18 Å². The van der Waals surface area contributed by atoms with Crippen LogP contribution in [0.5, 0.6) is 0 Å². The summed E-state index contributed by atoms with van der Waals surface area (Å²) in [5.74, 6) is -0.402. The van der Waals surface area contributed by atoms with Gasteiger partial charge in [-0.2, -0.15) is 0 Å². The molecule has 4 heteroatoms. The predicted molar refractivity (Wildman–Crippen MR) is 101 cm³/mol. The van der Waals surface area contributed by atoms with Crippen LogP contribution in [0, 0.1) is 5.82 Å². The molecule has 0 aliphatic heterocycles. The highest BCUT2D eigenvalue weighted by Gasteiger charge is 2.34. The van der Waals surface area contributed by atoms with Crippen LogP contribution < -0.4 is 10.2 Å². The Morgan fingerprint density at radius 1 is 0.923 bits per heavy atom. The highest BCUT2D eigenvalue weighted by Crippen LogP contribution is 2.41. The van der Waals surface area contributed by atoms with Gasteiger partial charge >= 0.3 is 0 Å². The van der Waals surface area contributed by atoms with Gasteiger partial charge in [-0.15, -0.1) is 0 Å². The summed E-state index contributed by atoms with van der Waals surface area (Å²) in [4.78, 5) is 13.6. The third-order valence-electron chi connectivity index (χ3n) is 4.89. The van der Waals surface area contributed by atoms with E-state index in [1.54, 1.807) is 12.1 Å². The number of rotatable bonds is 4. The van der Waals surface area contributed by atoms with Gasteiger partial charge in [-0.05, 0) is 35.4 Å². The van der Waals surface area contributed by atoms with Gasteiger partial charge in [0.15, 0.2) is 6.54 Å². The molecule has 4 rings (SSSR count). The molecular formula is C22H20FN2O+. The molecule has 0 fully saturated rings. The number of hydrogen-bond donors (Lipinski definition) is 2. The van der Waals surface area contributed by atoms with Crippen LogP contribution in [-0.4, -0.2) is 19.5 Å². The maximum atomic E-state index is 13.0. The fourth-order valence-corrected chi connectivity index (χ4v) is 3.78. The van der Waals surface area contributed by atoms with E-state index in [0.717, 1.165) is 4.90 Å². The van der Waals surface area contributed by atoms with Gasteiger partial charge < -0.3 is 10.2 Å². The average molecular weight is 347 g/mol. The molecule has 0 spiro atoms. The molecule has 3 aromatic rings. The van der Waals surface area contributed by atoms with Gasteiger partial charge in [-0.25, -0.2) is 4.39 Å². The smallest absolute Gasteiger partial charge is 0.279 e. The Hall–Kier alpha value is -2.98. The topological polar surface area (TPSA) is 33.5 Å². The van der Waals surface area contributed by atoms with Crippen molar-refractivity contribution in [3.05, 3.63) is 89.7 Å². The van der Waals surface area contributed by atoms with E-state index in [1.165, 1.54) is 34.4 Å². The van der Waals surface area contributed by atoms with Gasteiger partial charge in [-0.1, -0.05) is 48.5 Å². The standard InChI is InChI=1S/C22H19FN2O/c1-25(14-21(26)24-16-12-10-15(23)11-13-16)22-19-8-4-2-6-17(19)18-7-3-5-9-20(18)22/h2-13,22H,14H2,1H3,(H,24,26)/p+1. The van der Waals surface area contributed by atoms with E-state index < -0.39 is 0 Å². The highest BCUT2D eigenvalue weighted by atomic mass is 19.1. The van der Waals surface area contributed by atoms with Crippen molar-refractivity contribution in [3.8, 4) is 11.1 Å². The van der Waals surface area contributed by atoms with Crippen LogP contribution in [-0.2, 0) is 4.79 Å². The number of likely N-dealkylation sites (N-methyl/N-ethyl adjacent to an activating group) is 1. The Morgan fingerprint density at radius 2 is 1.46 bits per heavy atom. The molecule has 1 amide bonds. The minimum atomic E-state index is -0.315. The first-order valence-corrected chi connectivity index (χ1v) is 8.69. The van der Waals surface area contributed by atoms with Crippen LogP contribution in [0.15, 0.2) is 72.8 Å².